The van der Waals surface area contributed by atoms with E-state index >= 15 is 0 Å². The van der Waals surface area contributed by atoms with Crippen molar-refractivity contribution in [3.8, 4) is 6.07 Å². The number of nitrogens with one attached hydrogen (secondary N) is 1. The second kappa shape index (κ2) is 13.6. The summed E-state index contributed by atoms with van der Waals surface area (Å²) < 4.78 is 19.5. The van der Waals surface area contributed by atoms with Gasteiger partial charge in [0, 0.05) is 53.0 Å². The fraction of sp³-hybridized carbons (Fsp3) is 0.444. The smallest absolute Gasteiger partial charge is 0.407 e. The summed E-state index contributed by atoms with van der Waals surface area (Å²) >= 11 is 1.78. The van der Waals surface area contributed by atoms with E-state index in [2.05, 4.69) is 69.7 Å². The minimum atomic E-state index is -0.866. The summed E-state index contributed by atoms with van der Waals surface area (Å²) in [5, 5.41) is 13.9. The number of ether oxygens (including phenoxy) is 1. The Hall–Kier alpha value is -3.54. The van der Waals surface area contributed by atoms with Gasteiger partial charge in [-0.1, -0.05) is 48.5 Å². The number of hydrogen-bond donors (Lipinski definition) is 1. The fourth-order valence-electron chi connectivity index (χ4n) is 7.81. The normalized spacial score (nSPS) is 22.5. The molecule has 0 bridgehead atoms. The Balaban J connectivity index is 1.07. The van der Waals surface area contributed by atoms with Crippen LogP contribution in [0.5, 0.6) is 0 Å². The number of methoxy groups -OCH3 is 1. The Kier molecular flexibility index (Phi) is 9.44. The molecule has 1 amide bonds. The van der Waals surface area contributed by atoms with Crippen molar-refractivity contribution >= 4 is 23.5 Å². The molecule has 1 saturated carbocycles. The average Bonchev–Trinajstić information content (AvgIpc) is 3.49. The first kappa shape index (κ1) is 30.5. The number of carbonyl (C=O) groups is 1. The third-order valence-electron chi connectivity index (χ3n) is 9.96. The van der Waals surface area contributed by atoms with Crippen LogP contribution in [0.4, 0.5) is 14.9 Å². The second-order valence-corrected chi connectivity index (χ2v) is 13.7. The van der Waals surface area contributed by atoms with Gasteiger partial charge in [0.25, 0.3) is 0 Å². The Morgan fingerprint density at radius 2 is 1.73 bits per heavy atom. The van der Waals surface area contributed by atoms with Crippen molar-refractivity contribution in [3.05, 3.63) is 90.2 Å². The molecule has 0 aromatic heterocycles. The zero-order valence-electron chi connectivity index (χ0n) is 25.3. The molecule has 1 N–H and O–H groups in total. The number of halogens is 1. The molecular weight excluding hydrogens is 571 g/mol. The number of rotatable bonds is 9. The van der Waals surface area contributed by atoms with Gasteiger partial charge >= 0.3 is 6.09 Å². The topological polar surface area (TPSA) is 68.6 Å². The number of amides is 1. The van der Waals surface area contributed by atoms with Gasteiger partial charge in [0.05, 0.1) is 18.6 Å². The number of nitriles is 1. The van der Waals surface area contributed by atoms with Crippen molar-refractivity contribution < 1.29 is 13.9 Å². The summed E-state index contributed by atoms with van der Waals surface area (Å²) in [4.78, 5) is 19.7. The summed E-state index contributed by atoms with van der Waals surface area (Å²) in [7, 11) is 1.36. The number of hydrogen-bond acceptors (Lipinski definition) is 6. The highest BCUT2D eigenvalue weighted by molar-refractivity contribution is 7.99. The molecule has 1 aliphatic carbocycles. The lowest BCUT2D eigenvalue weighted by Gasteiger charge is -2.48. The number of likely N-dealkylation sites (tertiary alicyclic amines) is 1. The number of alkyl carbamates (subject to hydrolysis) is 1. The van der Waals surface area contributed by atoms with Crippen LogP contribution in [-0.2, 0) is 10.2 Å². The van der Waals surface area contributed by atoms with Crippen LogP contribution in [0.3, 0.4) is 0 Å². The van der Waals surface area contributed by atoms with Crippen LogP contribution < -0.4 is 10.2 Å². The standard InChI is InChI=1S/C36H41FN4O2S/c1-43-35(42)39-34-12-6-11-33(34)36(25-38,28-7-5-8-29(37)21-28)27-17-19-40(20-18-27)22-26-23-41(24-26)30-13-15-32(16-14-30)44-31-9-3-2-4-10-31/h2-5,7-10,13-16,21,26-27,33-34H,6,11-12,17-20,22-24H2,1H3,(H,39,42). The number of benzene rings is 3. The molecule has 44 heavy (non-hydrogen) atoms. The molecule has 3 fully saturated rings. The van der Waals surface area contributed by atoms with E-state index in [0.717, 1.165) is 70.4 Å². The Morgan fingerprint density at radius 1 is 1.00 bits per heavy atom. The van der Waals surface area contributed by atoms with Gasteiger partial charge < -0.3 is 19.9 Å². The quantitative estimate of drug-likeness (QED) is 0.278. The molecule has 3 aromatic carbocycles. The number of piperidine rings is 1. The van der Waals surface area contributed by atoms with Crippen molar-refractivity contribution in [2.75, 3.05) is 44.7 Å². The zero-order chi connectivity index (χ0) is 30.5. The Morgan fingerprint density at radius 3 is 2.41 bits per heavy atom. The van der Waals surface area contributed by atoms with Crippen LogP contribution >= 0.6 is 11.8 Å². The molecule has 0 spiro atoms. The van der Waals surface area contributed by atoms with Gasteiger partial charge in [0.1, 0.15) is 5.82 Å². The molecule has 6 nitrogen and oxygen atoms in total. The van der Waals surface area contributed by atoms with Crippen molar-refractivity contribution in [3.63, 3.8) is 0 Å². The van der Waals surface area contributed by atoms with E-state index in [-0.39, 0.29) is 23.7 Å². The van der Waals surface area contributed by atoms with Crippen LogP contribution in [-0.4, -0.2) is 56.9 Å². The number of nitrogens with zero attached hydrogens (tertiary/aromatic N) is 3. The van der Waals surface area contributed by atoms with Crippen molar-refractivity contribution in [2.45, 2.75) is 53.4 Å². The summed E-state index contributed by atoms with van der Waals surface area (Å²) in [5.74, 6) is 0.287. The molecule has 2 saturated heterocycles. The minimum Gasteiger partial charge on any atom is -0.453 e. The molecule has 230 valence electrons. The van der Waals surface area contributed by atoms with Crippen LogP contribution in [0, 0.1) is 34.9 Å². The lowest BCUT2D eigenvalue weighted by atomic mass is 9.59. The maximum absolute atomic E-state index is 14.6. The number of carbonyl (C=O) groups excluding carboxylic acids is 1. The fourth-order valence-corrected chi connectivity index (χ4v) is 8.64. The predicted molar refractivity (Wildman–Crippen MR) is 172 cm³/mol. The molecule has 6 rings (SSSR count). The second-order valence-electron chi connectivity index (χ2n) is 12.5. The first-order valence-electron chi connectivity index (χ1n) is 15.8. The third-order valence-corrected chi connectivity index (χ3v) is 11.0. The van der Waals surface area contributed by atoms with Gasteiger partial charge in [0.2, 0.25) is 0 Å². The highest BCUT2D eigenvalue weighted by Crippen LogP contribution is 2.50. The van der Waals surface area contributed by atoms with Crippen molar-refractivity contribution in [2.24, 2.45) is 17.8 Å². The van der Waals surface area contributed by atoms with E-state index in [4.69, 9.17) is 4.74 Å². The molecule has 2 heterocycles. The van der Waals surface area contributed by atoms with E-state index in [9.17, 15) is 14.4 Å². The highest BCUT2D eigenvalue weighted by Gasteiger charge is 2.52. The lowest BCUT2D eigenvalue weighted by Crippen LogP contribution is -2.55. The van der Waals surface area contributed by atoms with Crippen LogP contribution in [0.25, 0.3) is 0 Å². The lowest BCUT2D eigenvalue weighted by molar-refractivity contribution is 0.0938. The molecule has 2 aliphatic heterocycles. The van der Waals surface area contributed by atoms with E-state index in [1.807, 2.05) is 12.1 Å². The van der Waals surface area contributed by atoms with Crippen LogP contribution in [0.2, 0.25) is 0 Å². The van der Waals surface area contributed by atoms with Crippen molar-refractivity contribution in [1.29, 1.82) is 5.26 Å². The monoisotopic (exact) mass is 612 g/mol. The molecule has 3 atom stereocenters. The van der Waals surface area contributed by atoms with Gasteiger partial charge in [-0.3, -0.25) is 0 Å². The summed E-state index contributed by atoms with van der Waals surface area (Å²) in [6.07, 6.45) is 3.82. The third kappa shape index (κ3) is 6.45. The minimum absolute atomic E-state index is 0.0840. The molecular formula is C36H41FN4O2S. The van der Waals surface area contributed by atoms with Gasteiger partial charge in [-0.05, 0) is 98.8 Å². The summed E-state index contributed by atoms with van der Waals surface area (Å²) in [5.41, 5.74) is 1.15. The largest absolute Gasteiger partial charge is 0.453 e. The van der Waals surface area contributed by atoms with Gasteiger partial charge in [-0.15, -0.1) is 0 Å². The SMILES string of the molecule is COC(=O)NC1CCCC1C(C#N)(c1cccc(F)c1)C1CCN(CC2CN(c3ccc(Sc4ccccc4)cc3)C2)CC1. The molecule has 3 aromatic rings. The van der Waals surface area contributed by atoms with Gasteiger partial charge in [-0.25, -0.2) is 9.18 Å². The zero-order valence-corrected chi connectivity index (χ0v) is 26.1. The van der Waals surface area contributed by atoms with E-state index in [0.29, 0.717) is 5.92 Å². The van der Waals surface area contributed by atoms with Gasteiger partial charge in [-0.2, -0.15) is 5.26 Å². The van der Waals surface area contributed by atoms with E-state index in [1.54, 1.807) is 23.9 Å². The van der Waals surface area contributed by atoms with Crippen molar-refractivity contribution in [1.82, 2.24) is 10.2 Å². The molecule has 3 unspecified atom stereocenters. The maximum Gasteiger partial charge on any atom is 0.407 e. The number of anilines is 1. The summed E-state index contributed by atoms with van der Waals surface area (Å²) in [6.45, 7) is 5.01. The van der Waals surface area contributed by atoms with Crippen LogP contribution in [0.1, 0.15) is 37.7 Å². The molecule has 3 aliphatic rings. The predicted octanol–water partition coefficient (Wildman–Crippen LogP) is 7.11. The molecule has 0 radical (unpaired) electrons. The Bertz CT molecular complexity index is 1450. The first-order chi connectivity index (χ1) is 21.5. The molecule has 8 heteroatoms. The van der Waals surface area contributed by atoms with Gasteiger partial charge in [0.15, 0.2) is 0 Å². The summed E-state index contributed by atoms with van der Waals surface area (Å²) in [6, 6.07) is 28.5. The highest BCUT2D eigenvalue weighted by atomic mass is 32.2. The Labute approximate surface area is 264 Å². The van der Waals surface area contributed by atoms with E-state index in [1.165, 1.54) is 28.7 Å². The first-order valence-corrected chi connectivity index (χ1v) is 16.6. The average molecular weight is 613 g/mol. The maximum atomic E-state index is 14.6. The van der Waals surface area contributed by atoms with Crippen LogP contribution in [0.15, 0.2) is 88.7 Å². The van der Waals surface area contributed by atoms with E-state index < -0.39 is 11.5 Å².